The third kappa shape index (κ3) is 9.66. The van der Waals surface area contributed by atoms with Crippen LogP contribution in [0.2, 0.25) is 10.0 Å². The molecule has 322 valence electrons. The molecule has 5 aromatic rings. The van der Waals surface area contributed by atoms with Crippen LogP contribution in [0, 0.1) is 10.1 Å². The van der Waals surface area contributed by atoms with Crippen LogP contribution < -0.4 is 25.2 Å². The van der Waals surface area contributed by atoms with Gasteiger partial charge in [0.1, 0.15) is 29.9 Å². The molecule has 2 aliphatic heterocycles. The zero-order chi connectivity index (χ0) is 44.1. The van der Waals surface area contributed by atoms with Gasteiger partial charge in [-0.3, -0.25) is 14.2 Å². The van der Waals surface area contributed by atoms with Gasteiger partial charge in [0, 0.05) is 60.5 Å². The number of aromatic nitrogens is 3. The Hall–Kier alpha value is -6.13. The van der Waals surface area contributed by atoms with E-state index in [2.05, 4.69) is 20.2 Å². The number of benzene rings is 3. The van der Waals surface area contributed by atoms with E-state index in [1.807, 2.05) is 69.6 Å². The number of hydrogen-bond donors (Lipinski definition) is 1. The first-order valence-corrected chi connectivity index (χ1v) is 20.7. The summed E-state index contributed by atoms with van der Waals surface area (Å²) in [5.74, 6) is 0.609. The van der Waals surface area contributed by atoms with Crippen molar-refractivity contribution in [2.75, 3.05) is 77.9 Å². The standard InChI is InChI=1S/C45H46Cl2N8O7/c1-28(30-9-6-8-29(22-30)23-35(56)10-7-19-55(2,3)27-31-15-16-48-42(31)54(58)59)53-43-32(24-36(44(53)57)39-40(46)37(60-4)25-38(61-5)41(39)47)26-49-45(51-43)50-33-11-13-34(14-12-33)52-17-20-62-21-18-52/h6-14,16,22,24-26,28H,15,17-21,23,27H2,1-5H3/p+1/b10-7+. The molecule has 0 bridgehead atoms. The summed E-state index contributed by atoms with van der Waals surface area (Å²) in [4.78, 5) is 54.8. The summed E-state index contributed by atoms with van der Waals surface area (Å²) in [7, 11) is 6.82. The summed E-state index contributed by atoms with van der Waals surface area (Å²) < 4.78 is 18.6. The fourth-order valence-electron chi connectivity index (χ4n) is 7.71. The van der Waals surface area contributed by atoms with E-state index in [1.54, 1.807) is 41.3 Å². The highest BCUT2D eigenvalue weighted by atomic mass is 35.5. The Morgan fingerprint density at radius 3 is 2.44 bits per heavy atom. The molecule has 3 aromatic carbocycles. The number of ether oxygens (including phenoxy) is 3. The molecule has 1 saturated heterocycles. The molecule has 0 amide bonds. The molecule has 2 aromatic heterocycles. The van der Waals surface area contributed by atoms with Crippen molar-refractivity contribution in [3.05, 3.63) is 132 Å². The molecular weight excluding hydrogens is 835 g/mol. The Bertz CT molecular complexity index is 2650. The fourth-order valence-corrected chi connectivity index (χ4v) is 8.41. The average molecular weight is 883 g/mol. The van der Waals surface area contributed by atoms with Crippen molar-refractivity contribution in [3.63, 3.8) is 0 Å². The number of likely N-dealkylation sites (N-methyl/N-ethyl adjacent to an activating group) is 1. The number of rotatable bonds is 16. The van der Waals surface area contributed by atoms with Crippen LogP contribution in [0.3, 0.4) is 0 Å². The number of nitrogens with zero attached hydrogens (tertiary/aromatic N) is 7. The number of ketones is 1. The van der Waals surface area contributed by atoms with E-state index in [1.165, 1.54) is 14.2 Å². The van der Waals surface area contributed by atoms with Crippen LogP contribution in [0.25, 0.3) is 22.2 Å². The number of pyridine rings is 1. The Labute approximate surface area is 368 Å². The Morgan fingerprint density at radius 2 is 1.76 bits per heavy atom. The second-order valence-electron chi connectivity index (χ2n) is 15.7. The maximum Gasteiger partial charge on any atom is 0.368 e. The Balaban J connectivity index is 1.20. The molecule has 7 rings (SSSR count). The lowest BCUT2D eigenvalue weighted by molar-refractivity contribution is -0.880. The van der Waals surface area contributed by atoms with Crippen molar-refractivity contribution in [1.82, 2.24) is 14.5 Å². The Kier molecular flexibility index (Phi) is 13.4. The first-order valence-electron chi connectivity index (χ1n) is 20.0. The van der Waals surface area contributed by atoms with Gasteiger partial charge in [0.25, 0.3) is 5.56 Å². The number of nitro groups is 1. The van der Waals surface area contributed by atoms with Crippen molar-refractivity contribution in [1.29, 1.82) is 0 Å². The highest BCUT2D eigenvalue weighted by Gasteiger charge is 2.29. The predicted molar refractivity (Wildman–Crippen MR) is 242 cm³/mol. The number of fused-ring (bicyclic) bond motifs is 1. The van der Waals surface area contributed by atoms with Crippen molar-refractivity contribution in [2.45, 2.75) is 25.8 Å². The topological polar surface area (TPSA) is 163 Å². The summed E-state index contributed by atoms with van der Waals surface area (Å²) in [6.07, 6.45) is 7.08. The molecule has 1 N–H and O–H groups in total. The molecule has 0 spiro atoms. The summed E-state index contributed by atoms with van der Waals surface area (Å²) >= 11 is 13.8. The number of carbonyl (C=O) groups is 1. The number of halogens is 2. The molecular formula is C45H47Cl2N8O7+. The number of allylic oxidation sites excluding steroid dienone is 1. The number of morpholine rings is 1. The molecule has 1 atom stereocenters. The van der Waals surface area contributed by atoms with E-state index in [4.69, 9.17) is 42.4 Å². The molecule has 1 fully saturated rings. The SMILES string of the molecule is COc1cc(OC)c(Cl)c(-c2cc3cnc(Nc4ccc(N5CCOCC5)cc4)nc3n(C(C)c3cccc(CC(=O)/C=C/C[N+](C)(C)CC4=C([N+](=O)[O-])N=CC4)c3)c2=O)c1Cl. The Morgan fingerprint density at radius 1 is 1.05 bits per heavy atom. The monoisotopic (exact) mass is 881 g/mol. The van der Waals surface area contributed by atoms with Crippen molar-refractivity contribution in [3.8, 4) is 22.6 Å². The van der Waals surface area contributed by atoms with Crippen LogP contribution in [-0.4, -0.2) is 104 Å². The van der Waals surface area contributed by atoms with E-state index >= 15 is 0 Å². The second-order valence-corrected chi connectivity index (χ2v) is 16.5. The largest absolute Gasteiger partial charge is 0.495 e. The van der Waals surface area contributed by atoms with Crippen molar-refractivity contribution < 1.29 is 28.4 Å². The molecule has 0 radical (unpaired) electrons. The number of nitrogens with one attached hydrogen (secondary N) is 1. The van der Waals surface area contributed by atoms with Gasteiger partial charge in [0.15, 0.2) is 5.78 Å². The molecule has 1 unspecified atom stereocenters. The first kappa shape index (κ1) is 43.9. The third-order valence-electron chi connectivity index (χ3n) is 10.9. The highest BCUT2D eigenvalue weighted by molar-refractivity contribution is 6.41. The van der Waals surface area contributed by atoms with Gasteiger partial charge in [0.2, 0.25) is 5.95 Å². The van der Waals surface area contributed by atoms with Gasteiger partial charge >= 0.3 is 5.82 Å². The van der Waals surface area contributed by atoms with Crippen LogP contribution >= 0.6 is 23.2 Å². The van der Waals surface area contributed by atoms with Gasteiger partial charge in [-0.2, -0.15) is 4.98 Å². The lowest BCUT2D eigenvalue weighted by Gasteiger charge is -2.28. The number of methoxy groups -OCH3 is 2. The molecule has 2 aliphatic rings. The number of aliphatic imine (C=N–C) groups is 1. The average Bonchev–Trinajstić information content (AvgIpc) is 3.72. The summed E-state index contributed by atoms with van der Waals surface area (Å²) in [6.45, 7) is 5.80. The number of carbonyl (C=O) groups excluding carboxylic acids is 1. The second kappa shape index (κ2) is 18.9. The highest BCUT2D eigenvalue weighted by Crippen LogP contribution is 2.45. The van der Waals surface area contributed by atoms with E-state index in [0.29, 0.717) is 53.8 Å². The molecule has 15 nitrogen and oxygen atoms in total. The van der Waals surface area contributed by atoms with Gasteiger partial charge in [0.05, 0.1) is 75.3 Å². The first-order chi connectivity index (χ1) is 29.8. The van der Waals surface area contributed by atoms with Gasteiger partial charge in [-0.1, -0.05) is 52.5 Å². The zero-order valence-corrected chi connectivity index (χ0v) is 36.6. The summed E-state index contributed by atoms with van der Waals surface area (Å²) in [6, 6.07) is 18.1. The molecule has 4 heterocycles. The minimum absolute atomic E-state index is 0.101. The van der Waals surface area contributed by atoms with Gasteiger partial charge < -0.3 is 39.0 Å². The van der Waals surface area contributed by atoms with E-state index < -0.39 is 16.5 Å². The van der Waals surface area contributed by atoms with Crippen LogP contribution in [-0.2, 0) is 16.0 Å². The summed E-state index contributed by atoms with van der Waals surface area (Å²) in [5, 5.41) is 15.5. The fraction of sp³-hybridized carbons (Fsp3) is 0.311. The van der Waals surface area contributed by atoms with Crippen LogP contribution in [0.15, 0.2) is 100 Å². The summed E-state index contributed by atoms with van der Waals surface area (Å²) in [5.41, 5.74) is 4.34. The van der Waals surface area contributed by atoms with Crippen molar-refractivity contribution in [2.24, 2.45) is 4.99 Å². The number of hydrogen-bond acceptors (Lipinski definition) is 12. The minimum Gasteiger partial charge on any atom is -0.495 e. The van der Waals surface area contributed by atoms with Gasteiger partial charge in [-0.25, -0.2) is 4.98 Å². The quantitative estimate of drug-likeness (QED) is 0.0448. The normalized spacial score (nSPS) is 14.8. The maximum absolute atomic E-state index is 14.9. The van der Waals surface area contributed by atoms with E-state index in [9.17, 15) is 19.7 Å². The maximum atomic E-state index is 14.9. The van der Waals surface area contributed by atoms with E-state index in [-0.39, 0.29) is 56.6 Å². The van der Waals surface area contributed by atoms with Crippen molar-refractivity contribution >= 4 is 63.6 Å². The number of anilines is 3. The van der Waals surface area contributed by atoms with Crippen LogP contribution in [0.1, 0.15) is 30.5 Å². The molecule has 0 aliphatic carbocycles. The lowest BCUT2D eigenvalue weighted by Crippen LogP contribution is -2.41. The van der Waals surface area contributed by atoms with Crippen LogP contribution in [0.4, 0.5) is 17.3 Å². The number of quaternary nitrogens is 1. The zero-order valence-electron chi connectivity index (χ0n) is 35.1. The molecule has 62 heavy (non-hydrogen) atoms. The van der Waals surface area contributed by atoms with E-state index in [0.717, 1.165) is 35.6 Å². The molecule has 17 heteroatoms. The minimum atomic E-state index is -0.604. The van der Waals surface area contributed by atoms with Gasteiger partial charge in [-0.15, -0.1) is 0 Å². The third-order valence-corrected chi connectivity index (χ3v) is 11.6. The van der Waals surface area contributed by atoms with Crippen LogP contribution in [0.5, 0.6) is 11.5 Å². The van der Waals surface area contributed by atoms with Gasteiger partial charge in [-0.05, 0) is 65.5 Å². The predicted octanol–water partition coefficient (Wildman–Crippen LogP) is 7.68. The lowest BCUT2D eigenvalue weighted by atomic mass is 10.00. The smallest absolute Gasteiger partial charge is 0.368 e. The molecule has 0 saturated carbocycles.